The van der Waals surface area contributed by atoms with Gasteiger partial charge >= 0.3 is 0 Å². The summed E-state index contributed by atoms with van der Waals surface area (Å²) in [5, 5.41) is 14.0. The third-order valence-corrected chi connectivity index (χ3v) is 4.88. The zero-order valence-electron chi connectivity index (χ0n) is 10.3. The summed E-state index contributed by atoms with van der Waals surface area (Å²) in [6, 6.07) is 0. The molecule has 2 fully saturated rings. The number of hydrogen-bond donors (Lipinski definition) is 2. The Hall–Kier alpha value is -1.16. The molecule has 0 aliphatic heterocycles. The second kappa shape index (κ2) is 3.95. The van der Waals surface area contributed by atoms with E-state index < -0.39 is 5.41 Å². The van der Waals surface area contributed by atoms with Gasteiger partial charge in [0, 0.05) is 17.3 Å². The number of ketones is 1. The fourth-order valence-corrected chi connectivity index (χ4v) is 3.73. The molecule has 0 aromatic heterocycles. The van der Waals surface area contributed by atoms with Crippen LogP contribution >= 0.6 is 0 Å². The van der Waals surface area contributed by atoms with Crippen LogP contribution in [0.3, 0.4) is 0 Å². The lowest BCUT2D eigenvalue weighted by molar-refractivity contribution is -0.117. The molecule has 4 heteroatoms. The first-order chi connectivity index (χ1) is 8.02. The summed E-state index contributed by atoms with van der Waals surface area (Å²) in [5.41, 5.74) is -0.242. The lowest BCUT2D eigenvalue weighted by Gasteiger charge is -2.48. The van der Waals surface area contributed by atoms with Crippen LogP contribution in [0, 0.1) is 10.8 Å². The zero-order chi connectivity index (χ0) is 12.7. The van der Waals surface area contributed by atoms with Gasteiger partial charge in [-0.2, -0.15) is 5.10 Å². The molecule has 4 nitrogen and oxygen atoms in total. The van der Waals surface area contributed by atoms with E-state index in [2.05, 4.69) is 11.7 Å². The number of fused-ring (bicyclic) bond motifs is 1. The average Bonchev–Trinajstić information content (AvgIpc) is 2.55. The Morgan fingerprint density at radius 1 is 1.65 bits per heavy atom. The van der Waals surface area contributed by atoms with Gasteiger partial charge in [-0.25, -0.2) is 0 Å². The standard InChI is InChI=1S/C13H20N2O2/c1-3-6-13-8-5-10(17)12(13,2)7-4-9(16)11(13)15-14/h3,10,17H,1,4-8,14H2,2H3/b15-11+/t10-,12+,13+/m0/s1. The van der Waals surface area contributed by atoms with Crippen molar-refractivity contribution >= 4 is 11.5 Å². The summed E-state index contributed by atoms with van der Waals surface area (Å²) in [5.74, 6) is 5.45. The number of aliphatic hydroxyl groups excluding tert-OH is 1. The largest absolute Gasteiger partial charge is 0.393 e. The van der Waals surface area contributed by atoms with Crippen LogP contribution in [-0.2, 0) is 4.79 Å². The topological polar surface area (TPSA) is 75.7 Å². The molecule has 2 aliphatic rings. The van der Waals surface area contributed by atoms with Crippen LogP contribution in [0.1, 0.15) is 39.0 Å². The Labute approximate surface area is 102 Å². The van der Waals surface area contributed by atoms with Crippen LogP contribution in [0.5, 0.6) is 0 Å². The van der Waals surface area contributed by atoms with E-state index >= 15 is 0 Å². The summed E-state index contributed by atoms with van der Waals surface area (Å²) in [6.45, 7) is 5.82. The molecule has 2 aliphatic carbocycles. The number of rotatable bonds is 2. The molecule has 0 aromatic rings. The van der Waals surface area contributed by atoms with Gasteiger partial charge in [-0.1, -0.05) is 13.0 Å². The van der Waals surface area contributed by atoms with Crippen LogP contribution in [0.25, 0.3) is 0 Å². The minimum atomic E-state index is -0.405. The molecule has 0 aromatic carbocycles. The number of Topliss-reactive ketones (excluding diaryl/α,β-unsaturated/α-hetero) is 1. The van der Waals surface area contributed by atoms with E-state index in [1.165, 1.54) is 0 Å². The van der Waals surface area contributed by atoms with E-state index in [9.17, 15) is 9.90 Å². The number of hydrogen-bond acceptors (Lipinski definition) is 4. The highest BCUT2D eigenvalue weighted by Crippen LogP contribution is 2.60. The molecule has 2 rings (SSSR count). The molecule has 0 unspecified atom stereocenters. The summed E-state index contributed by atoms with van der Waals surface area (Å²) < 4.78 is 0. The van der Waals surface area contributed by atoms with E-state index in [1.807, 2.05) is 6.92 Å². The SMILES string of the molecule is C=CC[C@]12CC[C@H](O)[C@@]1(C)CCC(=O)/C2=N\N. The van der Waals surface area contributed by atoms with E-state index in [4.69, 9.17) is 5.84 Å². The number of carbonyl (C=O) groups is 1. The zero-order valence-corrected chi connectivity index (χ0v) is 10.3. The molecule has 3 N–H and O–H groups in total. The highest BCUT2D eigenvalue weighted by molar-refractivity contribution is 6.42. The molecule has 94 valence electrons. The van der Waals surface area contributed by atoms with Crippen LogP contribution in [0.15, 0.2) is 17.8 Å². The molecular weight excluding hydrogens is 216 g/mol. The van der Waals surface area contributed by atoms with E-state index in [0.717, 1.165) is 6.42 Å². The third-order valence-electron chi connectivity index (χ3n) is 4.88. The summed E-state index contributed by atoms with van der Waals surface area (Å²) in [4.78, 5) is 12.0. The smallest absolute Gasteiger partial charge is 0.179 e. The number of carbonyl (C=O) groups excluding carboxylic acids is 1. The van der Waals surface area contributed by atoms with Gasteiger partial charge in [-0.15, -0.1) is 6.58 Å². The fraction of sp³-hybridized carbons (Fsp3) is 0.692. The van der Waals surface area contributed by atoms with Crippen molar-refractivity contribution in [3.05, 3.63) is 12.7 Å². The van der Waals surface area contributed by atoms with Gasteiger partial charge in [0.1, 0.15) is 5.71 Å². The van der Waals surface area contributed by atoms with Crippen molar-refractivity contribution in [3.8, 4) is 0 Å². The van der Waals surface area contributed by atoms with Gasteiger partial charge in [0.05, 0.1) is 6.10 Å². The maximum atomic E-state index is 12.0. The van der Waals surface area contributed by atoms with Crippen molar-refractivity contribution < 1.29 is 9.90 Å². The van der Waals surface area contributed by atoms with Crippen molar-refractivity contribution in [2.75, 3.05) is 0 Å². The van der Waals surface area contributed by atoms with Crippen molar-refractivity contribution in [3.63, 3.8) is 0 Å². The van der Waals surface area contributed by atoms with E-state index in [1.54, 1.807) is 6.08 Å². The van der Waals surface area contributed by atoms with Crippen molar-refractivity contribution in [1.82, 2.24) is 0 Å². The number of aliphatic hydroxyl groups is 1. The molecule has 0 radical (unpaired) electrons. The monoisotopic (exact) mass is 236 g/mol. The molecule has 3 atom stereocenters. The second-order valence-electron chi connectivity index (χ2n) is 5.45. The molecule has 0 heterocycles. The second-order valence-corrected chi connectivity index (χ2v) is 5.45. The van der Waals surface area contributed by atoms with Gasteiger partial charge in [0.25, 0.3) is 0 Å². The lowest BCUT2D eigenvalue weighted by Crippen LogP contribution is -2.53. The van der Waals surface area contributed by atoms with Crippen molar-refractivity contribution in [2.24, 2.45) is 21.8 Å². The molecule has 0 amide bonds. The molecule has 0 spiro atoms. The minimum absolute atomic E-state index is 0.0286. The number of hydrazone groups is 1. The Morgan fingerprint density at radius 2 is 2.35 bits per heavy atom. The number of nitrogens with zero attached hydrogens (tertiary/aromatic N) is 1. The molecule has 2 saturated carbocycles. The van der Waals surface area contributed by atoms with Gasteiger partial charge in [-0.05, 0) is 25.7 Å². The van der Waals surface area contributed by atoms with Gasteiger partial charge < -0.3 is 10.9 Å². The summed E-state index contributed by atoms with van der Waals surface area (Å²) in [6.07, 6.45) is 4.69. The Kier molecular flexibility index (Phi) is 2.86. The third kappa shape index (κ3) is 1.40. The molecular formula is C13H20N2O2. The van der Waals surface area contributed by atoms with Crippen LogP contribution < -0.4 is 5.84 Å². The van der Waals surface area contributed by atoms with Crippen molar-refractivity contribution in [2.45, 2.75) is 45.1 Å². The van der Waals surface area contributed by atoms with Crippen LogP contribution in [0.2, 0.25) is 0 Å². The summed E-state index contributed by atoms with van der Waals surface area (Å²) >= 11 is 0. The first-order valence-electron chi connectivity index (χ1n) is 6.12. The van der Waals surface area contributed by atoms with Gasteiger partial charge in [0.2, 0.25) is 0 Å². The Balaban J connectivity index is 2.55. The van der Waals surface area contributed by atoms with Crippen LogP contribution in [0.4, 0.5) is 0 Å². The average molecular weight is 236 g/mol. The van der Waals surface area contributed by atoms with Gasteiger partial charge in [-0.3, -0.25) is 4.79 Å². The predicted octanol–water partition coefficient (Wildman–Crippen LogP) is 1.39. The molecule has 0 bridgehead atoms. The minimum Gasteiger partial charge on any atom is -0.393 e. The summed E-state index contributed by atoms with van der Waals surface area (Å²) in [7, 11) is 0. The Morgan fingerprint density at radius 3 is 2.94 bits per heavy atom. The quantitative estimate of drug-likeness (QED) is 0.432. The first kappa shape index (κ1) is 12.3. The van der Waals surface area contributed by atoms with Crippen LogP contribution in [-0.4, -0.2) is 22.7 Å². The molecule has 17 heavy (non-hydrogen) atoms. The predicted molar refractivity (Wildman–Crippen MR) is 66.5 cm³/mol. The number of allylic oxidation sites excluding steroid dienone is 1. The highest BCUT2D eigenvalue weighted by atomic mass is 16.3. The van der Waals surface area contributed by atoms with Crippen molar-refractivity contribution in [1.29, 1.82) is 0 Å². The van der Waals surface area contributed by atoms with Gasteiger partial charge in [0.15, 0.2) is 5.78 Å². The highest BCUT2D eigenvalue weighted by Gasteiger charge is 2.62. The normalized spacial score (nSPS) is 43.8. The van der Waals surface area contributed by atoms with E-state index in [0.29, 0.717) is 31.4 Å². The maximum absolute atomic E-state index is 12.0. The molecule has 0 saturated heterocycles. The first-order valence-corrected chi connectivity index (χ1v) is 6.12. The fourth-order valence-electron chi connectivity index (χ4n) is 3.73. The Bertz CT molecular complexity index is 391. The van der Waals surface area contributed by atoms with E-state index in [-0.39, 0.29) is 17.3 Å². The maximum Gasteiger partial charge on any atom is 0.179 e. The number of nitrogens with two attached hydrogens (primary N) is 1. The lowest BCUT2D eigenvalue weighted by atomic mass is 9.55.